The molecule has 1 aromatic rings. The van der Waals surface area contributed by atoms with Crippen LogP contribution in [0.5, 0.6) is 0 Å². The van der Waals surface area contributed by atoms with E-state index in [0.717, 1.165) is 12.1 Å². The van der Waals surface area contributed by atoms with Gasteiger partial charge in [0.1, 0.15) is 5.82 Å². The van der Waals surface area contributed by atoms with E-state index >= 15 is 0 Å². The lowest BCUT2D eigenvalue weighted by molar-refractivity contribution is 0.189. The molecule has 90 valence electrons. The minimum absolute atomic E-state index is 0.0841. The predicted octanol–water partition coefficient (Wildman–Crippen LogP) is 1.65. The molecular weight excluding hydrogens is 205 g/mol. The molecule has 1 heterocycles. The van der Waals surface area contributed by atoms with Crippen LogP contribution in [0.25, 0.3) is 0 Å². The largest absolute Gasteiger partial charge is 0.311 e. The summed E-state index contributed by atoms with van der Waals surface area (Å²) in [6, 6.07) is 1.50. The van der Waals surface area contributed by atoms with Gasteiger partial charge in [-0.2, -0.15) is 0 Å². The van der Waals surface area contributed by atoms with Gasteiger partial charge in [0, 0.05) is 24.8 Å². The Kier molecular flexibility index (Phi) is 4.38. The molecule has 0 amide bonds. The van der Waals surface area contributed by atoms with Crippen LogP contribution < -0.4 is 5.32 Å². The molecule has 1 rings (SSSR count). The number of aromatic nitrogens is 1. The molecule has 0 fully saturated rings. The third-order valence-corrected chi connectivity index (χ3v) is 2.86. The fourth-order valence-corrected chi connectivity index (χ4v) is 1.22. The molecule has 0 atom stereocenters. The average Bonchev–Trinajstić information content (AvgIpc) is 2.17. The van der Waals surface area contributed by atoms with Crippen LogP contribution >= 0.6 is 0 Å². The fourth-order valence-electron chi connectivity index (χ4n) is 1.22. The van der Waals surface area contributed by atoms with Gasteiger partial charge in [-0.05, 0) is 39.6 Å². The second kappa shape index (κ2) is 5.37. The summed E-state index contributed by atoms with van der Waals surface area (Å²) in [5, 5.41) is 3.30. The summed E-state index contributed by atoms with van der Waals surface area (Å²) in [6.07, 6.45) is 2.89. The van der Waals surface area contributed by atoms with Gasteiger partial charge in [-0.25, -0.2) is 4.39 Å². The van der Waals surface area contributed by atoms with Crippen LogP contribution in [-0.4, -0.2) is 36.1 Å². The Morgan fingerprint density at radius 3 is 2.62 bits per heavy atom. The minimum Gasteiger partial charge on any atom is -0.311 e. The van der Waals surface area contributed by atoms with Crippen LogP contribution in [0.3, 0.4) is 0 Å². The van der Waals surface area contributed by atoms with Crippen LogP contribution in [0.1, 0.15) is 19.4 Å². The van der Waals surface area contributed by atoms with Crippen molar-refractivity contribution in [3.05, 3.63) is 29.8 Å². The van der Waals surface area contributed by atoms with Crippen LogP contribution in [-0.2, 0) is 6.54 Å². The lowest BCUT2D eigenvalue weighted by atomic mass is 10.0. The van der Waals surface area contributed by atoms with Gasteiger partial charge >= 0.3 is 0 Å². The van der Waals surface area contributed by atoms with Crippen molar-refractivity contribution in [2.45, 2.75) is 25.9 Å². The van der Waals surface area contributed by atoms with Crippen molar-refractivity contribution in [3.8, 4) is 0 Å². The number of likely N-dealkylation sites (N-methyl/N-ethyl adjacent to an activating group) is 1. The van der Waals surface area contributed by atoms with Crippen molar-refractivity contribution in [3.63, 3.8) is 0 Å². The standard InChI is InChI=1S/C12H20FN3/c1-12(2,16(3)4)9-15-7-10-5-11(13)8-14-6-10/h5-6,8,15H,7,9H2,1-4H3. The van der Waals surface area contributed by atoms with Gasteiger partial charge in [0.25, 0.3) is 0 Å². The molecule has 1 N–H and O–H groups in total. The van der Waals surface area contributed by atoms with Gasteiger partial charge in [0.15, 0.2) is 0 Å². The maximum atomic E-state index is 12.9. The first-order valence-corrected chi connectivity index (χ1v) is 5.39. The highest BCUT2D eigenvalue weighted by atomic mass is 19.1. The van der Waals surface area contributed by atoms with E-state index in [2.05, 4.69) is 29.0 Å². The van der Waals surface area contributed by atoms with Gasteiger partial charge in [0.2, 0.25) is 0 Å². The first-order valence-electron chi connectivity index (χ1n) is 5.39. The molecule has 0 aromatic carbocycles. The summed E-state index contributed by atoms with van der Waals surface area (Å²) < 4.78 is 12.9. The lowest BCUT2D eigenvalue weighted by Crippen LogP contribution is -2.46. The molecule has 0 aliphatic rings. The highest BCUT2D eigenvalue weighted by Gasteiger charge is 2.19. The molecule has 0 unspecified atom stereocenters. The van der Waals surface area contributed by atoms with Crippen LogP contribution in [0, 0.1) is 5.82 Å². The zero-order valence-corrected chi connectivity index (χ0v) is 10.4. The number of hydrogen-bond acceptors (Lipinski definition) is 3. The highest BCUT2D eigenvalue weighted by Crippen LogP contribution is 2.08. The van der Waals surface area contributed by atoms with Crippen molar-refractivity contribution < 1.29 is 4.39 Å². The topological polar surface area (TPSA) is 28.2 Å². The Morgan fingerprint density at radius 2 is 2.06 bits per heavy atom. The fraction of sp³-hybridized carbons (Fsp3) is 0.583. The molecular formula is C12H20FN3. The molecule has 3 nitrogen and oxygen atoms in total. The molecule has 0 aliphatic carbocycles. The molecule has 4 heteroatoms. The average molecular weight is 225 g/mol. The Labute approximate surface area is 96.7 Å². The van der Waals surface area contributed by atoms with Crippen molar-refractivity contribution in [1.29, 1.82) is 0 Å². The molecule has 0 saturated heterocycles. The number of rotatable bonds is 5. The van der Waals surface area contributed by atoms with Crippen LogP contribution in [0.2, 0.25) is 0 Å². The molecule has 0 aliphatic heterocycles. The minimum atomic E-state index is -0.286. The number of halogens is 1. The van der Waals surface area contributed by atoms with E-state index in [4.69, 9.17) is 0 Å². The molecule has 0 radical (unpaired) electrons. The zero-order chi connectivity index (χ0) is 12.2. The van der Waals surface area contributed by atoms with Crippen molar-refractivity contribution in [1.82, 2.24) is 15.2 Å². The molecule has 0 saturated carbocycles. The van der Waals surface area contributed by atoms with Gasteiger partial charge in [0.05, 0.1) is 6.20 Å². The van der Waals surface area contributed by atoms with Crippen molar-refractivity contribution in [2.24, 2.45) is 0 Å². The van der Waals surface area contributed by atoms with Gasteiger partial charge < -0.3 is 10.2 Å². The molecule has 16 heavy (non-hydrogen) atoms. The Bertz CT molecular complexity index is 337. The monoisotopic (exact) mass is 225 g/mol. The van der Waals surface area contributed by atoms with Gasteiger partial charge in [-0.15, -0.1) is 0 Å². The van der Waals surface area contributed by atoms with Crippen LogP contribution in [0.4, 0.5) is 4.39 Å². The second-order valence-electron chi connectivity index (χ2n) is 4.82. The summed E-state index contributed by atoms with van der Waals surface area (Å²) >= 11 is 0. The van der Waals surface area contributed by atoms with E-state index in [1.807, 2.05) is 14.1 Å². The van der Waals surface area contributed by atoms with E-state index in [9.17, 15) is 4.39 Å². The molecule has 0 spiro atoms. The van der Waals surface area contributed by atoms with Crippen molar-refractivity contribution in [2.75, 3.05) is 20.6 Å². The summed E-state index contributed by atoms with van der Waals surface area (Å²) in [7, 11) is 4.09. The third kappa shape index (κ3) is 3.87. The number of nitrogens with zero attached hydrogens (tertiary/aromatic N) is 2. The Balaban J connectivity index is 2.42. The molecule has 0 bridgehead atoms. The first kappa shape index (κ1) is 13.1. The number of nitrogens with one attached hydrogen (secondary N) is 1. The van der Waals surface area contributed by atoms with Gasteiger partial charge in [-0.1, -0.05) is 0 Å². The maximum Gasteiger partial charge on any atom is 0.141 e. The van der Waals surface area contributed by atoms with E-state index in [1.165, 1.54) is 12.3 Å². The summed E-state index contributed by atoms with van der Waals surface area (Å²) in [5.41, 5.74) is 0.954. The second-order valence-corrected chi connectivity index (χ2v) is 4.82. The van der Waals surface area contributed by atoms with Crippen molar-refractivity contribution >= 4 is 0 Å². The number of pyridine rings is 1. The van der Waals surface area contributed by atoms with E-state index in [1.54, 1.807) is 6.20 Å². The third-order valence-electron chi connectivity index (χ3n) is 2.86. The lowest BCUT2D eigenvalue weighted by Gasteiger charge is -2.32. The smallest absolute Gasteiger partial charge is 0.141 e. The quantitative estimate of drug-likeness (QED) is 0.826. The van der Waals surface area contributed by atoms with Gasteiger partial charge in [-0.3, -0.25) is 4.98 Å². The van der Waals surface area contributed by atoms with Crippen LogP contribution in [0.15, 0.2) is 18.5 Å². The summed E-state index contributed by atoms with van der Waals surface area (Å²) in [5.74, 6) is -0.286. The Hall–Kier alpha value is -1.00. The SMILES string of the molecule is CN(C)C(C)(C)CNCc1cncc(F)c1. The predicted molar refractivity (Wildman–Crippen MR) is 63.7 cm³/mol. The highest BCUT2D eigenvalue weighted by molar-refractivity contribution is 5.09. The van der Waals surface area contributed by atoms with E-state index < -0.39 is 0 Å². The summed E-state index contributed by atoms with van der Waals surface area (Å²) in [4.78, 5) is 5.97. The van der Waals surface area contributed by atoms with E-state index in [-0.39, 0.29) is 11.4 Å². The summed E-state index contributed by atoms with van der Waals surface area (Å²) in [6.45, 7) is 5.80. The first-order chi connectivity index (χ1) is 7.42. The van der Waals surface area contributed by atoms with E-state index in [0.29, 0.717) is 6.54 Å². The zero-order valence-electron chi connectivity index (χ0n) is 10.4. The normalized spacial score (nSPS) is 12.1. The number of hydrogen-bond donors (Lipinski definition) is 1. The molecule has 1 aromatic heterocycles. The maximum absolute atomic E-state index is 12.9. The Morgan fingerprint density at radius 1 is 1.38 bits per heavy atom.